The molecule has 0 rings (SSSR count). The molecular formula is C5H11NO4S3. The second-order valence-electron chi connectivity index (χ2n) is 2.07. The Kier molecular flexibility index (Phi) is 5.77. The summed E-state index contributed by atoms with van der Waals surface area (Å²) in [7, 11) is -0.432. The Morgan fingerprint density at radius 1 is 1.62 bits per heavy atom. The van der Waals surface area contributed by atoms with Gasteiger partial charge in [0.15, 0.2) is 5.25 Å². The van der Waals surface area contributed by atoms with Crippen molar-refractivity contribution in [3.63, 3.8) is 0 Å². The molecule has 0 fully saturated rings. The highest BCUT2D eigenvalue weighted by atomic mass is 33.1. The smallest absolute Gasteiger partial charge is 0.277 e. The van der Waals surface area contributed by atoms with Crippen LogP contribution in [0.4, 0.5) is 0 Å². The van der Waals surface area contributed by atoms with Crippen molar-refractivity contribution in [3.8, 4) is 0 Å². The number of nitrogens with one attached hydrogen (secondary N) is 1. The molecule has 1 atom stereocenters. The molecule has 0 saturated carbocycles. The Morgan fingerprint density at radius 3 is 2.46 bits per heavy atom. The Morgan fingerprint density at radius 2 is 2.15 bits per heavy atom. The quantitative estimate of drug-likeness (QED) is 0.524. The van der Waals surface area contributed by atoms with Crippen molar-refractivity contribution in [2.45, 2.75) is 5.25 Å². The minimum Gasteiger partial charge on any atom is -0.358 e. The van der Waals surface area contributed by atoms with Crippen molar-refractivity contribution in [2.75, 3.05) is 19.1 Å². The molecule has 0 aromatic heterocycles. The Bertz CT molecular complexity index is 263. The van der Waals surface area contributed by atoms with Gasteiger partial charge in [-0.15, -0.1) is 0 Å². The molecule has 0 radical (unpaired) electrons. The van der Waals surface area contributed by atoms with Crippen molar-refractivity contribution < 1.29 is 17.8 Å². The summed E-state index contributed by atoms with van der Waals surface area (Å²) in [5, 5.41) is 0.800. The summed E-state index contributed by atoms with van der Waals surface area (Å²) in [5.41, 5.74) is 0. The van der Waals surface area contributed by atoms with E-state index in [2.05, 4.69) is 5.32 Å². The summed E-state index contributed by atoms with van der Waals surface area (Å²) in [6.45, 7) is 0. The van der Waals surface area contributed by atoms with E-state index in [4.69, 9.17) is 4.55 Å². The number of hydrogen-bond donors (Lipinski definition) is 2. The van der Waals surface area contributed by atoms with Gasteiger partial charge in [-0.1, -0.05) is 21.6 Å². The van der Waals surface area contributed by atoms with Gasteiger partial charge in [-0.3, -0.25) is 9.35 Å². The fourth-order valence-electron chi connectivity index (χ4n) is 0.588. The molecule has 5 nitrogen and oxygen atoms in total. The Balaban J connectivity index is 4.47. The lowest BCUT2D eigenvalue weighted by Crippen LogP contribution is -2.39. The van der Waals surface area contributed by atoms with Crippen molar-refractivity contribution in [1.82, 2.24) is 5.32 Å². The van der Waals surface area contributed by atoms with Crippen LogP contribution in [0.1, 0.15) is 0 Å². The highest BCUT2D eigenvalue weighted by Crippen LogP contribution is 2.20. The van der Waals surface area contributed by atoms with Gasteiger partial charge in [-0.25, -0.2) is 0 Å². The topological polar surface area (TPSA) is 83.5 Å². The summed E-state index contributed by atoms with van der Waals surface area (Å²) in [5.74, 6) is -0.649. The molecule has 78 valence electrons. The monoisotopic (exact) mass is 245 g/mol. The van der Waals surface area contributed by atoms with E-state index < -0.39 is 21.3 Å². The van der Waals surface area contributed by atoms with Gasteiger partial charge in [0, 0.05) is 12.8 Å². The van der Waals surface area contributed by atoms with Crippen LogP contribution in [0.5, 0.6) is 0 Å². The van der Waals surface area contributed by atoms with Crippen LogP contribution in [0.3, 0.4) is 0 Å². The number of rotatable bonds is 5. The molecule has 8 heteroatoms. The zero-order chi connectivity index (χ0) is 10.5. The molecule has 0 spiro atoms. The molecule has 0 heterocycles. The SMILES string of the molecule is CNC(=O)C(CSSC)S(=O)(=O)O. The Hall–Kier alpha value is 0.0800. The molecule has 0 aliphatic heterocycles. The fourth-order valence-corrected chi connectivity index (χ4v) is 3.35. The van der Waals surface area contributed by atoms with Crippen LogP contribution in [0, 0.1) is 0 Å². The van der Waals surface area contributed by atoms with E-state index in [0.717, 1.165) is 0 Å². The molecule has 2 N–H and O–H groups in total. The van der Waals surface area contributed by atoms with E-state index in [1.165, 1.54) is 28.6 Å². The summed E-state index contributed by atoms with van der Waals surface area (Å²) in [4.78, 5) is 11.0. The van der Waals surface area contributed by atoms with Gasteiger partial charge in [-0.05, 0) is 6.26 Å². The van der Waals surface area contributed by atoms with E-state index in [1.54, 1.807) is 6.26 Å². The molecule has 1 amide bonds. The van der Waals surface area contributed by atoms with E-state index >= 15 is 0 Å². The normalized spacial score (nSPS) is 13.8. The van der Waals surface area contributed by atoms with Crippen LogP contribution in [0.15, 0.2) is 0 Å². The van der Waals surface area contributed by atoms with Crippen LogP contribution < -0.4 is 5.32 Å². The van der Waals surface area contributed by atoms with E-state index in [1.807, 2.05) is 0 Å². The molecule has 0 aromatic carbocycles. The molecule has 0 aliphatic carbocycles. The van der Waals surface area contributed by atoms with E-state index in [-0.39, 0.29) is 5.75 Å². The van der Waals surface area contributed by atoms with E-state index in [9.17, 15) is 13.2 Å². The highest BCUT2D eigenvalue weighted by molar-refractivity contribution is 8.76. The van der Waals surface area contributed by atoms with Gasteiger partial charge in [0.2, 0.25) is 5.91 Å². The zero-order valence-electron chi connectivity index (χ0n) is 7.18. The van der Waals surface area contributed by atoms with Crippen LogP contribution >= 0.6 is 21.6 Å². The lowest BCUT2D eigenvalue weighted by molar-refractivity contribution is -0.119. The van der Waals surface area contributed by atoms with Crippen molar-refractivity contribution >= 4 is 37.6 Å². The van der Waals surface area contributed by atoms with Gasteiger partial charge in [-0.2, -0.15) is 8.42 Å². The van der Waals surface area contributed by atoms with Crippen LogP contribution in [0.2, 0.25) is 0 Å². The highest BCUT2D eigenvalue weighted by Gasteiger charge is 2.29. The zero-order valence-corrected chi connectivity index (χ0v) is 9.63. The van der Waals surface area contributed by atoms with Crippen molar-refractivity contribution in [3.05, 3.63) is 0 Å². The molecule has 0 bridgehead atoms. The maximum atomic E-state index is 11.0. The van der Waals surface area contributed by atoms with Gasteiger partial charge < -0.3 is 5.32 Å². The first kappa shape index (κ1) is 13.1. The third-order valence-corrected chi connectivity index (χ3v) is 4.37. The van der Waals surface area contributed by atoms with E-state index in [0.29, 0.717) is 0 Å². The molecule has 0 aliphatic rings. The minimum atomic E-state index is -4.29. The summed E-state index contributed by atoms with van der Waals surface area (Å²) >= 11 is 0. The van der Waals surface area contributed by atoms with Crippen LogP contribution in [0.25, 0.3) is 0 Å². The van der Waals surface area contributed by atoms with Gasteiger partial charge in [0.25, 0.3) is 10.1 Å². The Labute approximate surface area is 85.2 Å². The first-order chi connectivity index (χ1) is 5.93. The van der Waals surface area contributed by atoms with Crippen molar-refractivity contribution in [1.29, 1.82) is 0 Å². The minimum absolute atomic E-state index is 0.0413. The number of hydrogen-bond acceptors (Lipinski definition) is 5. The van der Waals surface area contributed by atoms with Gasteiger partial charge in [0.05, 0.1) is 0 Å². The lowest BCUT2D eigenvalue weighted by Gasteiger charge is -2.10. The molecule has 1 unspecified atom stereocenters. The molecule has 0 aromatic rings. The van der Waals surface area contributed by atoms with Crippen LogP contribution in [-0.2, 0) is 14.9 Å². The average molecular weight is 245 g/mol. The van der Waals surface area contributed by atoms with Gasteiger partial charge in [0.1, 0.15) is 0 Å². The number of carbonyl (C=O) groups is 1. The summed E-state index contributed by atoms with van der Waals surface area (Å²) in [6, 6.07) is 0. The third-order valence-electron chi connectivity index (χ3n) is 1.24. The molecule has 13 heavy (non-hydrogen) atoms. The average Bonchev–Trinajstić information content (AvgIpc) is 2.02. The maximum Gasteiger partial charge on any atom is 0.277 e. The predicted octanol–water partition coefficient (Wildman–Crippen LogP) is 0.000000000000000167. The largest absolute Gasteiger partial charge is 0.358 e. The summed E-state index contributed by atoms with van der Waals surface area (Å²) < 4.78 is 30.1. The van der Waals surface area contributed by atoms with Crippen molar-refractivity contribution in [2.24, 2.45) is 0 Å². The third kappa shape index (κ3) is 4.75. The predicted molar refractivity (Wildman–Crippen MR) is 55.4 cm³/mol. The first-order valence-electron chi connectivity index (χ1n) is 3.27. The summed E-state index contributed by atoms with van der Waals surface area (Å²) in [6.07, 6.45) is 1.76. The number of carbonyl (C=O) groups excluding carboxylic acids is 1. The standard InChI is InChI=1S/C5H11NO4S3/c1-6-5(7)4(3-12-11-2)13(8,9)10/h4H,3H2,1-2H3,(H,6,7)(H,8,9,10). The fraction of sp³-hybridized carbons (Fsp3) is 0.800. The maximum absolute atomic E-state index is 11.0. The second kappa shape index (κ2) is 5.74. The second-order valence-corrected chi connectivity index (χ2v) is 6.28. The van der Waals surface area contributed by atoms with Crippen LogP contribution in [-0.4, -0.2) is 43.2 Å². The van der Waals surface area contributed by atoms with Gasteiger partial charge >= 0.3 is 0 Å². The molecule has 0 saturated heterocycles. The lowest BCUT2D eigenvalue weighted by atomic mass is 10.4. The molecular weight excluding hydrogens is 234 g/mol. The number of amides is 1. The first-order valence-corrected chi connectivity index (χ1v) is 7.50.